The lowest BCUT2D eigenvalue weighted by Crippen LogP contribution is -2.25. The normalized spacial score (nSPS) is 10.3. The molecular weight excluding hydrogens is 254 g/mol. The van der Waals surface area contributed by atoms with Crippen molar-refractivity contribution in [3.8, 4) is 0 Å². The summed E-state index contributed by atoms with van der Waals surface area (Å²) in [5.74, 6) is 1.42. The van der Waals surface area contributed by atoms with Gasteiger partial charge < -0.3 is 15.2 Å². The van der Waals surface area contributed by atoms with Crippen LogP contribution in [0.25, 0.3) is 0 Å². The van der Waals surface area contributed by atoms with Crippen molar-refractivity contribution >= 4 is 11.7 Å². The molecule has 2 N–H and O–H groups in total. The molecule has 0 saturated carbocycles. The van der Waals surface area contributed by atoms with E-state index in [1.165, 1.54) is 5.56 Å². The lowest BCUT2D eigenvalue weighted by Gasteiger charge is -2.08. The van der Waals surface area contributed by atoms with Crippen LogP contribution in [0.2, 0.25) is 0 Å². The molecule has 0 bridgehead atoms. The fraction of sp³-hybridized carbons (Fsp3) is 0.333. The van der Waals surface area contributed by atoms with E-state index in [1.54, 1.807) is 6.07 Å². The van der Waals surface area contributed by atoms with Gasteiger partial charge in [-0.2, -0.15) is 0 Å². The van der Waals surface area contributed by atoms with Gasteiger partial charge in [0.25, 0.3) is 0 Å². The van der Waals surface area contributed by atoms with Crippen LogP contribution >= 0.6 is 0 Å². The standard InChI is InChI=1S/C15H19N3O2/c1-11-5-3-4-6-13(11)10-17-15(19)7-8-16-14-9-12(2)20-18-14/h3-6,9H,7-8,10H2,1-2H3,(H,16,18)(H,17,19). The Morgan fingerprint density at radius 3 is 2.80 bits per heavy atom. The number of hydrogen-bond acceptors (Lipinski definition) is 4. The molecular formula is C15H19N3O2. The van der Waals surface area contributed by atoms with Gasteiger partial charge in [-0.3, -0.25) is 4.79 Å². The molecule has 0 aliphatic rings. The first-order valence-electron chi connectivity index (χ1n) is 6.63. The number of carbonyl (C=O) groups is 1. The third-order valence-corrected chi connectivity index (χ3v) is 3.02. The Hall–Kier alpha value is -2.30. The van der Waals surface area contributed by atoms with E-state index in [0.29, 0.717) is 25.3 Å². The highest BCUT2D eigenvalue weighted by Gasteiger charge is 2.04. The van der Waals surface area contributed by atoms with E-state index in [1.807, 2.05) is 38.1 Å². The second kappa shape index (κ2) is 6.75. The van der Waals surface area contributed by atoms with Gasteiger partial charge in [-0.05, 0) is 25.0 Å². The smallest absolute Gasteiger partial charge is 0.222 e. The maximum Gasteiger partial charge on any atom is 0.222 e. The quantitative estimate of drug-likeness (QED) is 0.848. The molecule has 106 valence electrons. The van der Waals surface area contributed by atoms with Gasteiger partial charge in [-0.15, -0.1) is 0 Å². The number of rotatable bonds is 6. The van der Waals surface area contributed by atoms with Crippen molar-refractivity contribution in [3.05, 3.63) is 47.2 Å². The summed E-state index contributed by atoms with van der Waals surface area (Å²) in [7, 11) is 0. The molecule has 1 aromatic heterocycles. The predicted octanol–water partition coefficient (Wildman–Crippen LogP) is 2.41. The molecule has 5 nitrogen and oxygen atoms in total. The zero-order valence-corrected chi connectivity index (χ0v) is 11.8. The van der Waals surface area contributed by atoms with E-state index in [0.717, 1.165) is 11.3 Å². The van der Waals surface area contributed by atoms with E-state index in [-0.39, 0.29) is 5.91 Å². The van der Waals surface area contributed by atoms with Crippen LogP contribution in [0.5, 0.6) is 0 Å². The van der Waals surface area contributed by atoms with E-state index >= 15 is 0 Å². The molecule has 2 rings (SSSR count). The first-order valence-corrected chi connectivity index (χ1v) is 6.63. The monoisotopic (exact) mass is 273 g/mol. The fourth-order valence-corrected chi connectivity index (χ4v) is 1.84. The Morgan fingerprint density at radius 1 is 1.30 bits per heavy atom. The van der Waals surface area contributed by atoms with Crippen molar-refractivity contribution in [2.24, 2.45) is 0 Å². The summed E-state index contributed by atoms with van der Waals surface area (Å²) >= 11 is 0. The van der Waals surface area contributed by atoms with Gasteiger partial charge >= 0.3 is 0 Å². The number of amides is 1. The summed E-state index contributed by atoms with van der Waals surface area (Å²) in [5.41, 5.74) is 2.32. The van der Waals surface area contributed by atoms with Crippen LogP contribution in [0.3, 0.4) is 0 Å². The third kappa shape index (κ3) is 4.12. The van der Waals surface area contributed by atoms with E-state index < -0.39 is 0 Å². The Balaban J connectivity index is 1.69. The number of carbonyl (C=O) groups excluding carboxylic acids is 1. The number of benzene rings is 1. The molecule has 20 heavy (non-hydrogen) atoms. The topological polar surface area (TPSA) is 67.2 Å². The molecule has 0 aliphatic carbocycles. The molecule has 0 spiro atoms. The first kappa shape index (κ1) is 14.1. The minimum atomic E-state index is 0.0148. The van der Waals surface area contributed by atoms with Crippen molar-refractivity contribution in [2.75, 3.05) is 11.9 Å². The minimum absolute atomic E-state index is 0.0148. The Labute approximate surface area is 118 Å². The number of aryl methyl sites for hydroxylation is 2. The molecule has 0 aliphatic heterocycles. The van der Waals surface area contributed by atoms with Gasteiger partial charge in [0.15, 0.2) is 5.82 Å². The van der Waals surface area contributed by atoms with Crippen LogP contribution in [-0.4, -0.2) is 17.6 Å². The second-order valence-corrected chi connectivity index (χ2v) is 4.70. The van der Waals surface area contributed by atoms with Crippen molar-refractivity contribution in [1.29, 1.82) is 0 Å². The highest BCUT2D eigenvalue weighted by atomic mass is 16.5. The van der Waals surface area contributed by atoms with Crippen LogP contribution in [-0.2, 0) is 11.3 Å². The predicted molar refractivity (Wildman–Crippen MR) is 77.4 cm³/mol. The molecule has 1 heterocycles. The van der Waals surface area contributed by atoms with E-state index in [9.17, 15) is 4.79 Å². The highest BCUT2D eigenvalue weighted by Crippen LogP contribution is 2.07. The second-order valence-electron chi connectivity index (χ2n) is 4.70. The highest BCUT2D eigenvalue weighted by molar-refractivity contribution is 5.76. The van der Waals surface area contributed by atoms with Crippen molar-refractivity contribution < 1.29 is 9.32 Å². The van der Waals surface area contributed by atoms with E-state index in [4.69, 9.17) is 4.52 Å². The number of anilines is 1. The van der Waals surface area contributed by atoms with Gasteiger partial charge in [-0.1, -0.05) is 29.4 Å². The van der Waals surface area contributed by atoms with Crippen LogP contribution < -0.4 is 10.6 Å². The van der Waals surface area contributed by atoms with Crippen LogP contribution in [0.4, 0.5) is 5.82 Å². The lowest BCUT2D eigenvalue weighted by atomic mass is 10.1. The average molecular weight is 273 g/mol. The lowest BCUT2D eigenvalue weighted by molar-refractivity contribution is -0.121. The molecule has 0 unspecified atom stereocenters. The number of nitrogens with one attached hydrogen (secondary N) is 2. The van der Waals surface area contributed by atoms with Crippen LogP contribution in [0.15, 0.2) is 34.9 Å². The van der Waals surface area contributed by atoms with Crippen molar-refractivity contribution in [3.63, 3.8) is 0 Å². The van der Waals surface area contributed by atoms with Gasteiger partial charge in [-0.25, -0.2) is 0 Å². The SMILES string of the molecule is Cc1cc(NCCC(=O)NCc2ccccc2C)no1. The summed E-state index contributed by atoms with van der Waals surface area (Å²) in [4.78, 5) is 11.7. The van der Waals surface area contributed by atoms with Crippen molar-refractivity contribution in [2.45, 2.75) is 26.8 Å². The summed E-state index contributed by atoms with van der Waals surface area (Å²) in [6, 6.07) is 9.82. The Bertz CT molecular complexity index is 578. The zero-order chi connectivity index (χ0) is 14.4. The van der Waals surface area contributed by atoms with Crippen LogP contribution in [0, 0.1) is 13.8 Å². The molecule has 0 atom stereocenters. The maximum atomic E-state index is 11.7. The molecule has 1 amide bonds. The summed E-state index contributed by atoms with van der Waals surface area (Å²) in [6.45, 7) is 4.96. The van der Waals surface area contributed by atoms with Gasteiger partial charge in [0, 0.05) is 25.6 Å². The summed E-state index contributed by atoms with van der Waals surface area (Å²) in [6.07, 6.45) is 0.401. The maximum absolute atomic E-state index is 11.7. The van der Waals surface area contributed by atoms with Crippen molar-refractivity contribution in [1.82, 2.24) is 10.5 Å². The number of aromatic nitrogens is 1. The number of nitrogens with zero attached hydrogens (tertiary/aromatic N) is 1. The molecule has 0 saturated heterocycles. The molecule has 2 aromatic rings. The summed E-state index contributed by atoms with van der Waals surface area (Å²) < 4.78 is 4.93. The van der Waals surface area contributed by atoms with Gasteiger partial charge in [0.1, 0.15) is 5.76 Å². The zero-order valence-electron chi connectivity index (χ0n) is 11.8. The van der Waals surface area contributed by atoms with E-state index in [2.05, 4.69) is 15.8 Å². The summed E-state index contributed by atoms with van der Waals surface area (Å²) in [5, 5.41) is 9.75. The first-order chi connectivity index (χ1) is 9.65. The average Bonchev–Trinajstić information content (AvgIpc) is 2.83. The van der Waals surface area contributed by atoms with Gasteiger partial charge in [0.05, 0.1) is 0 Å². The minimum Gasteiger partial charge on any atom is -0.367 e. The molecule has 1 aromatic carbocycles. The Morgan fingerprint density at radius 2 is 2.10 bits per heavy atom. The largest absolute Gasteiger partial charge is 0.367 e. The molecule has 5 heteroatoms. The molecule has 0 fully saturated rings. The van der Waals surface area contributed by atoms with Gasteiger partial charge in [0.2, 0.25) is 5.91 Å². The molecule has 0 radical (unpaired) electrons. The fourth-order valence-electron chi connectivity index (χ4n) is 1.84. The number of hydrogen-bond donors (Lipinski definition) is 2. The third-order valence-electron chi connectivity index (χ3n) is 3.02. The van der Waals surface area contributed by atoms with Crippen LogP contribution in [0.1, 0.15) is 23.3 Å². The Kier molecular flexibility index (Phi) is 4.76.